The van der Waals surface area contributed by atoms with Crippen LogP contribution in [0.25, 0.3) is 11.0 Å². The smallest absolute Gasteiger partial charge is 0.287 e. The van der Waals surface area contributed by atoms with E-state index >= 15 is 0 Å². The van der Waals surface area contributed by atoms with Crippen LogP contribution in [0.15, 0.2) is 71.3 Å². The summed E-state index contributed by atoms with van der Waals surface area (Å²) < 4.78 is 20.4. The van der Waals surface area contributed by atoms with Gasteiger partial charge in [0, 0.05) is 6.54 Å². The summed E-state index contributed by atoms with van der Waals surface area (Å²) in [6.45, 7) is 2.40. The number of rotatable bonds is 5. The van der Waals surface area contributed by atoms with Crippen LogP contribution in [0.1, 0.15) is 34.9 Å². The molecule has 2 aromatic heterocycles. The molecular formula is C21H18FN3O2. The van der Waals surface area contributed by atoms with E-state index in [4.69, 9.17) is 9.40 Å². The predicted molar refractivity (Wildman–Crippen MR) is 99.8 cm³/mol. The predicted octanol–water partition coefficient (Wildman–Crippen LogP) is 4.31. The van der Waals surface area contributed by atoms with Crippen molar-refractivity contribution in [1.82, 2.24) is 14.9 Å². The summed E-state index contributed by atoms with van der Waals surface area (Å²) in [4.78, 5) is 17.0. The number of fused-ring (bicyclic) bond motifs is 1. The zero-order valence-corrected chi connectivity index (χ0v) is 14.7. The lowest BCUT2D eigenvalue weighted by atomic mass is 10.2. The van der Waals surface area contributed by atoms with Crippen LogP contribution in [-0.4, -0.2) is 15.5 Å². The topological polar surface area (TPSA) is 60.1 Å². The number of hydrogen-bond donors (Lipinski definition) is 1. The molecule has 2 aromatic carbocycles. The number of carbonyl (C=O) groups excluding carboxylic acids is 1. The monoisotopic (exact) mass is 363 g/mol. The number of amides is 1. The molecule has 6 heteroatoms. The number of nitrogens with one attached hydrogen (secondary N) is 1. The molecule has 2 heterocycles. The Morgan fingerprint density at radius 2 is 1.93 bits per heavy atom. The average Bonchev–Trinajstić information content (AvgIpc) is 3.32. The van der Waals surface area contributed by atoms with Gasteiger partial charge in [-0.1, -0.05) is 24.3 Å². The number of imidazole rings is 1. The normalized spacial score (nSPS) is 12.2. The number of hydrogen-bond acceptors (Lipinski definition) is 3. The SMILES string of the molecule is C[C@@H](NC(=O)c1ccco1)c1nc2ccccc2n1Cc1ccc(F)cc1. The number of aromatic nitrogens is 2. The van der Waals surface area contributed by atoms with Crippen molar-refractivity contribution >= 4 is 16.9 Å². The lowest BCUT2D eigenvalue weighted by Gasteiger charge is -2.16. The van der Waals surface area contributed by atoms with Crippen molar-refractivity contribution in [2.45, 2.75) is 19.5 Å². The molecule has 1 N–H and O–H groups in total. The molecule has 0 bridgehead atoms. The third-order valence-corrected chi connectivity index (χ3v) is 4.42. The van der Waals surface area contributed by atoms with Crippen LogP contribution >= 0.6 is 0 Å². The van der Waals surface area contributed by atoms with E-state index in [2.05, 4.69) is 5.32 Å². The van der Waals surface area contributed by atoms with Crippen LogP contribution in [-0.2, 0) is 6.54 Å². The van der Waals surface area contributed by atoms with Gasteiger partial charge >= 0.3 is 0 Å². The minimum Gasteiger partial charge on any atom is -0.459 e. The van der Waals surface area contributed by atoms with Gasteiger partial charge in [0.15, 0.2) is 5.76 Å². The van der Waals surface area contributed by atoms with Gasteiger partial charge in [-0.15, -0.1) is 0 Å². The molecule has 5 nitrogen and oxygen atoms in total. The molecule has 0 spiro atoms. The number of nitrogens with zero attached hydrogens (tertiary/aromatic N) is 2. The van der Waals surface area contributed by atoms with Crippen LogP contribution in [0, 0.1) is 5.82 Å². The van der Waals surface area contributed by atoms with E-state index in [0.29, 0.717) is 6.54 Å². The third kappa shape index (κ3) is 3.46. The highest BCUT2D eigenvalue weighted by molar-refractivity contribution is 5.91. The van der Waals surface area contributed by atoms with Crippen LogP contribution in [0.2, 0.25) is 0 Å². The second-order valence-electron chi connectivity index (χ2n) is 6.34. The zero-order chi connectivity index (χ0) is 18.8. The number of para-hydroxylation sites is 2. The molecule has 0 saturated carbocycles. The molecule has 0 fully saturated rings. The quantitative estimate of drug-likeness (QED) is 0.575. The van der Waals surface area contributed by atoms with Gasteiger partial charge in [0.2, 0.25) is 0 Å². The summed E-state index contributed by atoms with van der Waals surface area (Å²) in [7, 11) is 0. The summed E-state index contributed by atoms with van der Waals surface area (Å²) in [5.41, 5.74) is 2.75. The Morgan fingerprint density at radius 1 is 1.15 bits per heavy atom. The van der Waals surface area contributed by atoms with Gasteiger partial charge in [0.25, 0.3) is 5.91 Å². The molecule has 4 aromatic rings. The van der Waals surface area contributed by atoms with Crippen molar-refractivity contribution < 1.29 is 13.6 Å². The summed E-state index contributed by atoms with van der Waals surface area (Å²) in [5, 5.41) is 2.92. The fraction of sp³-hybridized carbons (Fsp3) is 0.143. The van der Waals surface area contributed by atoms with Gasteiger partial charge in [-0.3, -0.25) is 4.79 Å². The minimum atomic E-state index is -0.338. The Morgan fingerprint density at radius 3 is 2.67 bits per heavy atom. The zero-order valence-electron chi connectivity index (χ0n) is 14.7. The van der Waals surface area contributed by atoms with E-state index in [1.807, 2.05) is 35.8 Å². The highest BCUT2D eigenvalue weighted by Gasteiger charge is 2.20. The van der Waals surface area contributed by atoms with Crippen LogP contribution in [0.3, 0.4) is 0 Å². The van der Waals surface area contributed by atoms with Gasteiger partial charge in [-0.25, -0.2) is 9.37 Å². The molecule has 1 amide bonds. The maximum absolute atomic E-state index is 13.2. The minimum absolute atomic E-state index is 0.253. The Labute approximate surface area is 155 Å². The Balaban J connectivity index is 1.68. The second kappa shape index (κ2) is 7.07. The fourth-order valence-electron chi connectivity index (χ4n) is 3.10. The number of carbonyl (C=O) groups is 1. The fourth-order valence-corrected chi connectivity index (χ4v) is 3.10. The van der Waals surface area contributed by atoms with E-state index in [0.717, 1.165) is 22.4 Å². The largest absolute Gasteiger partial charge is 0.459 e. The van der Waals surface area contributed by atoms with E-state index < -0.39 is 0 Å². The van der Waals surface area contributed by atoms with E-state index in [9.17, 15) is 9.18 Å². The molecular weight excluding hydrogens is 345 g/mol. The van der Waals surface area contributed by atoms with Crippen molar-refractivity contribution in [3.8, 4) is 0 Å². The first kappa shape index (κ1) is 17.0. The van der Waals surface area contributed by atoms with Gasteiger partial charge in [-0.05, 0) is 48.9 Å². The lowest BCUT2D eigenvalue weighted by molar-refractivity contribution is 0.0909. The van der Waals surface area contributed by atoms with E-state index in [1.165, 1.54) is 18.4 Å². The van der Waals surface area contributed by atoms with Crippen molar-refractivity contribution in [2.75, 3.05) is 0 Å². The molecule has 27 heavy (non-hydrogen) atoms. The van der Waals surface area contributed by atoms with Crippen molar-refractivity contribution in [1.29, 1.82) is 0 Å². The molecule has 0 radical (unpaired) electrons. The van der Waals surface area contributed by atoms with Crippen LogP contribution in [0.5, 0.6) is 0 Å². The Kier molecular flexibility index (Phi) is 4.46. The summed E-state index contributed by atoms with van der Waals surface area (Å²) >= 11 is 0. The van der Waals surface area contributed by atoms with Gasteiger partial charge in [0.05, 0.1) is 23.3 Å². The Hall–Kier alpha value is -3.41. The van der Waals surface area contributed by atoms with Gasteiger partial charge in [-0.2, -0.15) is 0 Å². The van der Waals surface area contributed by atoms with Crippen molar-refractivity contribution in [3.63, 3.8) is 0 Å². The first-order valence-corrected chi connectivity index (χ1v) is 8.66. The van der Waals surface area contributed by atoms with E-state index in [1.54, 1.807) is 24.3 Å². The highest BCUT2D eigenvalue weighted by Crippen LogP contribution is 2.23. The molecule has 0 aliphatic heterocycles. The standard InChI is InChI=1S/C21H18FN3O2/c1-14(23-21(26)19-7-4-12-27-19)20-24-17-5-2-3-6-18(17)25(20)13-15-8-10-16(22)11-9-15/h2-12,14H,13H2,1H3,(H,23,26)/t14-/m1/s1. The number of furan rings is 1. The number of halogens is 1. The molecule has 1 atom stereocenters. The number of benzene rings is 2. The van der Waals surface area contributed by atoms with E-state index in [-0.39, 0.29) is 23.5 Å². The molecule has 0 saturated heterocycles. The summed E-state index contributed by atoms with van der Waals surface area (Å²) in [5.74, 6) is 0.407. The Bertz CT molecular complexity index is 1070. The lowest BCUT2D eigenvalue weighted by Crippen LogP contribution is -2.28. The summed E-state index contributed by atoms with van der Waals surface area (Å²) in [6, 6.07) is 17.1. The first-order chi connectivity index (χ1) is 13.1. The average molecular weight is 363 g/mol. The first-order valence-electron chi connectivity index (χ1n) is 8.66. The molecule has 0 aliphatic rings. The second-order valence-corrected chi connectivity index (χ2v) is 6.34. The highest BCUT2D eigenvalue weighted by atomic mass is 19.1. The summed E-state index contributed by atoms with van der Waals surface area (Å²) in [6.07, 6.45) is 1.46. The van der Waals surface area contributed by atoms with Crippen molar-refractivity contribution in [2.24, 2.45) is 0 Å². The maximum Gasteiger partial charge on any atom is 0.287 e. The van der Waals surface area contributed by atoms with Gasteiger partial charge < -0.3 is 14.3 Å². The molecule has 4 rings (SSSR count). The van der Waals surface area contributed by atoms with Crippen LogP contribution < -0.4 is 5.32 Å². The molecule has 0 unspecified atom stereocenters. The third-order valence-electron chi connectivity index (χ3n) is 4.42. The van der Waals surface area contributed by atoms with Crippen molar-refractivity contribution in [3.05, 3.63) is 89.9 Å². The maximum atomic E-state index is 13.2. The van der Waals surface area contributed by atoms with Gasteiger partial charge in [0.1, 0.15) is 11.6 Å². The molecule has 0 aliphatic carbocycles. The molecule has 136 valence electrons. The van der Waals surface area contributed by atoms with Crippen LogP contribution in [0.4, 0.5) is 4.39 Å².